The van der Waals surface area contributed by atoms with Gasteiger partial charge in [-0.15, -0.1) is 11.6 Å². The molecule has 1 nitrogen and oxygen atoms in total. The fraction of sp³-hybridized carbons (Fsp3) is 0.286. The Kier molecular flexibility index (Phi) is 12.4. The van der Waals surface area contributed by atoms with Gasteiger partial charge in [0, 0.05) is 11.8 Å². The van der Waals surface area contributed by atoms with Gasteiger partial charge in [-0.05, 0) is 70.6 Å². The molecule has 3 heteroatoms. The predicted molar refractivity (Wildman–Crippen MR) is 67.9 cm³/mol. The average Bonchev–Trinajstić information content (AvgIpc) is 2.98. The third-order valence-electron chi connectivity index (χ3n) is 2.24. The molecule has 1 atom stereocenters. The number of halogens is 1. The standard InChI is InChI=1S/C9H12ClO.C5H5.Fe/c10-7-3-6-9(11)8-4-1-2-5-8;1-2-4-5-3-1;/h1-2,4-5,9,11H,3,6-7H2;1-5H;/q;;+2/t9-;;/m1../s1. The SMILES string of the molecule is O[C@H](CCCCl)[C]1[CH][CH][CH][CH]1.[CH]1[CH][CH][CH][CH]1.[Fe+2]. The first-order chi connectivity index (χ1) is 7.84. The van der Waals surface area contributed by atoms with Crippen molar-refractivity contribution in [1.29, 1.82) is 0 Å². The van der Waals surface area contributed by atoms with Crippen LogP contribution in [0.3, 0.4) is 0 Å². The Morgan fingerprint density at radius 2 is 1.41 bits per heavy atom. The normalized spacial score (nSPS) is 21.5. The van der Waals surface area contributed by atoms with Crippen molar-refractivity contribution in [2.24, 2.45) is 0 Å². The molecule has 0 aliphatic heterocycles. The van der Waals surface area contributed by atoms with Crippen LogP contribution in [0.25, 0.3) is 0 Å². The van der Waals surface area contributed by atoms with Crippen molar-refractivity contribution in [1.82, 2.24) is 0 Å². The van der Waals surface area contributed by atoms with Crippen LogP contribution >= 0.6 is 11.6 Å². The van der Waals surface area contributed by atoms with E-state index in [2.05, 4.69) is 0 Å². The Balaban J connectivity index is 0.000000360. The van der Waals surface area contributed by atoms with Crippen LogP contribution in [-0.4, -0.2) is 17.1 Å². The maximum Gasteiger partial charge on any atom is 2.00 e. The van der Waals surface area contributed by atoms with E-state index in [1.54, 1.807) is 0 Å². The second-order valence-corrected chi connectivity index (χ2v) is 3.91. The van der Waals surface area contributed by atoms with E-state index in [0.29, 0.717) is 5.88 Å². The Morgan fingerprint density at radius 1 is 0.941 bits per heavy atom. The molecule has 0 aromatic heterocycles. The molecular formula is C14H17ClFeO+2. The van der Waals surface area contributed by atoms with Gasteiger partial charge in [0.2, 0.25) is 0 Å². The van der Waals surface area contributed by atoms with Crippen LogP contribution in [0.5, 0.6) is 0 Å². The van der Waals surface area contributed by atoms with Crippen LogP contribution in [0.15, 0.2) is 0 Å². The molecule has 2 rings (SSSR count). The zero-order valence-corrected chi connectivity index (χ0v) is 11.4. The molecule has 0 unspecified atom stereocenters. The number of hydrogen-bond acceptors (Lipinski definition) is 1. The first-order valence-corrected chi connectivity index (χ1v) is 6.00. The van der Waals surface area contributed by atoms with E-state index in [9.17, 15) is 5.11 Å². The minimum atomic E-state index is -0.330. The van der Waals surface area contributed by atoms with Crippen molar-refractivity contribution >= 4 is 11.6 Å². The van der Waals surface area contributed by atoms with Gasteiger partial charge in [0.05, 0.1) is 6.10 Å². The largest absolute Gasteiger partial charge is 2.00 e. The van der Waals surface area contributed by atoms with Crippen LogP contribution < -0.4 is 0 Å². The van der Waals surface area contributed by atoms with Crippen molar-refractivity contribution in [3.8, 4) is 0 Å². The molecule has 0 aromatic carbocycles. The Bertz CT molecular complexity index is 149. The van der Waals surface area contributed by atoms with Gasteiger partial charge < -0.3 is 5.11 Å². The molecule has 1 N–H and O–H groups in total. The molecule has 0 saturated heterocycles. The number of hydrogen-bond donors (Lipinski definition) is 1. The van der Waals surface area contributed by atoms with Crippen LogP contribution in [0, 0.1) is 63.7 Å². The third kappa shape index (κ3) is 8.48. The molecule has 0 aromatic rings. The van der Waals surface area contributed by atoms with E-state index in [1.165, 1.54) is 0 Å². The van der Waals surface area contributed by atoms with Crippen LogP contribution in [-0.2, 0) is 17.1 Å². The Labute approximate surface area is 122 Å². The summed E-state index contributed by atoms with van der Waals surface area (Å²) in [6.07, 6.45) is 19.0. The van der Waals surface area contributed by atoms with E-state index < -0.39 is 0 Å². The summed E-state index contributed by atoms with van der Waals surface area (Å²) in [5.41, 5.74) is 0. The average molecular weight is 293 g/mol. The maximum atomic E-state index is 9.48. The first-order valence-electron chi connectivity index (χ1n) is 5.47. The van der Waals surface area contributed by atoms with Gasteiger partial charge in [0.15, 0.2) is 0 Å². The molecule has 0 heterocycles. The van der Waals surface area contributed by atoms with E-state index in [-0.39, 0.29) is 23.2 Å². The van der Waals surface area contributed by atoms with Gasteiger partial charge in [-0.3, -0.25) is 0 Å². The minimum absolute atomic E-state index is 0. The van der Waals surface area contributed by atoms with Crippen molar-refractivity contribution in [2.75, 3.05) is 5.88 Å². The third-order valence-corrected chi connectivity index (χ3v) is 2.51. The summed E-state index contributed by atoms with van der Waals surface area (Å²) in [6, 6.07) is 0. The number of rotatable bonds is 4. The van der Waals surface area contributed by atoms with E-state index in [1.807, 2.05) is 57.8 Å². The quantitative estimate of drug-likeness (QED) is 0.624. The number of aliphatic hydroxyl groups excluding tert-OH is 1. The topological polar surface area (TPSA) is 20.2 Å². The molecular weight excluding hydrogens is 275 g/mol. The fourth-order valence-electron chi connectivity index (χ4n) is 1.37. The monoisotopic (exact) mass is 292 g/mol. The summed E-state index contributed by atoms with van der Waals surface area (Å²) >= 11 is 5.50. The second kappa shape index (κ2) is 11.8. The summed E-state index contributed by atoms with van der Waals surface area (Å²) < 4.78 is 0. The zero-order chi connectivity index (χ0) is 11.6. The van der Waals surface area contributed by atoms with Crippen molar-refractivity contribution in [2.45, 2.75) is 18.9 Å². The maximum absolute atomic E-state index is 9.48. The Hall–Kier alpha value is 0.769. The summed E-state index contributed by atoms with van der Waals surface area (Å²) in [5, 5.41) is 9.48. The Morgan fingerprint density at radius 3 is 1.82 bits per heavy atom. The second-order valence-electron chi connectivity index (χ2n) is 3.53. The van der Waals surface area contributed by atoms with Gasteiger partial charge in [-0.1, -0.05) is 0 Å². The van der Waals surface area contributed by atoms with Crippen molar-refractivity contribution < 1.29 is 22.2 Å². The molecule has 2 fully saturated rings. The molecule has 2 aliphatic carbocycles. The van der Waals surface area contributed by atoms with Crippen molar-refractivity contribution in [3.63, 3.8) is 0 Å². The first kappa shape index (κ1) is 17.8. The van der Waals surface area contributed by atoms with Gasteiger partial charge in [0.1, 0.15) is 0 Å². The molecule has 2 aliphatic rings. The predicted octanol–water partition coefficient (Wildman–Crippen LogP) is 2.79. The summed E-state index contributed by atoms with van der Waals surface area (Å²) in [5.74, 6) is 1.62. The molecule has 2 saturated carbocycles. The molecule has 0 amide bonds. The van der Waals surface area contributed by atoms with Crippen LogP contribution in [0.4, 0.5) is 0 Å². The molecule has 17 heavy (non-hydrogen) atoms. The van der Waals surface area contributed by atoms with E-state index >= 15 is 0 Å². The minimum Gasteiger partial charge on any atom is -0.393 e. The smallest absolute Gasteiger partial charge is 0.393 e. The summed E-state index contributed by atoms with van der Waals surface area (Å²) in [4.78, 5) is 0. The van der Waals surface area contributed by atoms with E-state index in [0.717, 1.165) is 18.8 Å². The van der Waals surface area contributed by atoms with Crippen LogP contribution in [0.1, 0.15) is 12.8 Å². The van der Waals surface area contributed by atoms with Gasteiger partial charge in [0.25, 0.3) is 0 Å². The van der Waals surface area contributed by atoms with Crippen molar-refractivity contribution in [3.05, 3.63) is 63.7 Å². The summed E-state index contributed by atoms with van der Waals surface area (Å²) in [7, 11) is 0. The van der Waals surface area contributed by atoms with Gasteiger partial charge in [-0.25, -0.2) is 0 Å². The zero-order valence-electron chi connectivity index (χ0n) is 9.57. The number of alkyl halides is 1. The molecule has 0 bridgehead atoms. The summed E-state index contributed by atoms with van der Waals surface area (Å²) in [6.45, 7) is 0. The van der Waals surface area contributed by atoms with Crippen LogP contribution in [0.2, 0.25) is 0 Å². The van der Waals surface area contributed by atoms with E-state index in [4.69, 9.17) is 11.6 Å². The number of aliphatic hydroxyl groups is 1. The van der Waals surface area contributed by atoms with Gasteiger partial charge in [-0.2, -0.15) is 0 Å². The molecule has 0 spiro atoms. The molecule has 10 radical (unpaired) electrons. The molecule has 92 valence electrons. The fourth-order valence-corrected chi connectivity index (χ4v) is 1.52. The van der Waals surface area contributed by atoms with Gasteiger partial charge >= 0.3 is 17.1 Å².